The number of hydrogen-bond acceptors (Lipinski definition) is 2. The third kappa shape index (κ3) is 3.25. The fraction of sp³-hybridized carbons (Fsp3) is 1.00. The van der Waals surface area contributed by atoms with E-state index in [1.807, 2.05) is 0 Å². The Balaban J connectivity index is 1.63. The van der Waals surface area contributed by atoms with Crippen molar-refractivity contribution >= 4 is 0 Å². The van der Waals surface area contributed by atoms with E-state index in [0.29, 0.717) is 12.1 Å². The summed E-state index contributed by atoms with van der Waals surface area (Å²) in [5, 5.41) is 13.1. The minimum atomic E-state index is -0.0215. The van der Waals surface area contributed by atoms with Crippen LogP contribution < -0.4 is 5.32 Å². The van der Waals surface area contributed by atoms with Gasteiger partial charge in [-0.25, -0.2) is 0 Å². The third-order valence-corrected chi connectivity index (χ3v) is 3.60. The molecule has 14 heavy (non-hydrogen) atoms. The van der Waals surface area contributed by atoms with E-state index in [2.05, 4.69) is 12.2 Å². The van der Waals surface area contributed by atoms with Crippen molar-refractivity contribution in [2.45, 2.75) is 70.1 Å². The summed E-state index contributed by atoms with van der Waals surface area (Å²) in [4.78, 5) is 0. The quantitative estimate of drug-likeness (QED) is 0.723. The Kier molecular flexibility index (Phi) is 3.45. The molecular formula is C12H23NO. The van der Waals surface area contributed by atoms with Crippen LogP contribution in [0.5, 0.6) is 0 Å². The van der Waals surface area contributed by atoms with Gasteiger partial charge >= 0.3 is 0 Å². The van der Waals surface area contributed by atoms with Gasteiger partial charge in [-0.1, -0.05) is 12.8 Å². The van der Waals surface area contributed by atoms with E-state index in [1.54, 1.807) is 0 Å². The number of rotatable bonds is 4. The van der Waals surface area contributed by atoms with Crippen molar-refractivity contribution in [3.8, 4) is 0 Å². The minimum absolute atomic E-state index is 0.0215. The van der Waals surface area contributed by atoms with Crippen molar-refractivity contribution in [3.63, 3.8) is 0 Å². The van der Waals surface area contributed by atoms with Crippen LogP contribution in [0.1, 0.15) is 51.9 Å². The fourth-order valence-corrected chi connectivity index (χ4v) is 2.57. The van der Waals surface area contributed by atoms with Gasteiger partial charge in [0.15, 0.2) is 0 Å². The summed E-state index contributed by atoms with van der Waals surface area (Å²) in [5.41, 5.74) is 0. The second-order valence-electron chi connectivity index (χ2n) is 5.25. The number of aliphatic hydroxyl groups is 1. The van der Waals surface area contributed by atoms with Gasteiger partial charge in [0.1, 0.15) is 0 Å². The summed E-state index contributed by atoms with van der Waals surface area (Å²) in [5.74, 6) is 1.02. The zero-order valence-electron chi connectivity index (χ0n) is 9.21. The summed E-state index contributed by atoms with van der Waals surface area (Å²) >= 11 is 0. The lowest BCUT2D eigenvalue weighted by Crippen LogP contribution is -2.40. The van der Waals surface area contributed by atoms with E-state index >= 15 is 0 Å². The van der Waals surface area contributed by atoms with Crippen LogP contribution in [-0.4, -0.2) is 23.3 Å². The third-order valence-electron chi connectivity index (χ3n) is 3.60. The molecular weight excluding hydrogens is 174 g/mol. The van der Waals surface area contributed by atoms with Gasteiger partial charge in [-0.2, -0.15) is 0 Å². The van der Waals surface area contributed by atoms with Crippen molar-refractivity contribution in [2.75, 3.05) is 0 Å². The van der Waals surface area contributed by atoms with Gasteiger partial charge in [0, 0.05) is 12.1 Å². The Morgan fingerprint density at radius 3 is 2.36 bits per heavy atom. The monoisotopic (exact) mass is 197 g/mol. The average molecular weight is 197 g/mol. The molecule has 0 amide bonds. The predicted octanol–water partition coefficient (Wildman–Crippen LogP) is 2.07. The number of aliphatic hydroxyl groups excluding tert-OH is 1. The van der Waals surface area contributed by atoms with Crippen molar-refractivity contribution in [1.82, 2.24) is 5.32 Å². The van der Waals surface area contributed by atoms with E-state index < -0.39 is 0 Å². The molecule has 0 heterocycles. The molecule has 2 aliphatic rings. The fourth-order valence-electron chi connectivity index (χ4n) is 2.57. The van der Waals surface area contributed by atoms with Crippen LogP contribution in [0.15, 0.2) is 0 Å². The van der Waals surface area contributed by atoms with E-state index in [0.717, 1.165) is 31.6 Å². The van der Waals surface area contributed by atoms with Crippen LogP contribution in [0.4, 0.5) is 0 Å². The topological polar surface area (TPSA) is 32.3 Å². The van der Waals surface area contributed by atoms with Crippen LogP contribution in [0.2, 0.25) is 0 Å². The molecule has 2 aliphatic carbocycles. The zero-order chi connectivity index (χ0) is 9.97. The lowest BCUT2D eigenvalue weighted by molar-refractivity contribution is 0.114. The molecule has 0 radical (unpaired) electrons. The van der Waals surface area contributed by atoms with E-state index in [4.69, 9.17) is 0 Å². The summed E-state index contributed by atoms with van der Waals surface area (Å²) < 4.78 is 0. The maximum atomic E-state index is 9.39. The van der Waals surface area contributed by atoms with Gasteiger partial charge in [-0.05, 0) is 44.9 Å². The van der Waals surface area contributed by atoms with Crippen LogP contribution >= 0.6 is 0 Å². The molecule has 1 atom stereocenters. The van der Waals surface area contributed by atoms with Crippen LogP contribution in [0.25, 0.3) is 0 Å². The Morgan fingerprint density at radius 1 is 1.14 bits per heavy atom. The van der Waals surface area contributed by atoms with Gasteiger partial charge < -0.3 is 10.4 Å². The van der Waals surface area contributed by atoms with E-state index in [1.165, 1.54) is 19.3 Å². The average Bonchev–Trinajstić information content (AvgIpc) is 2.93. The highest BCUT2D eigenvalue weighted by atomic mass is 16.3. The molecule has 2 nitrogen and oxygen atoms in total. The molecule has 0 aromatic heterocycles. The second kappa shape index (κ2) is 4.63. The molecule has 2 rings (SSSR count). The van der Waals surface area contributed by atoms with Gasteiger partial charge in [0.25, 0.3) is 0 Å². The summed E-state index contributed by atoms with van der Waals surface area (Å²) in [6.45, 7) is 2.31. The maximum Gasteiger partial charge on any atom is 0.0541 e. The molecule has 0 aliphatic heterocycles. The van der Waals surface area contributed by atoms with E-state index in [9.17, 15) is 5.11 Å². The van der Waals surface area contributed by atoms with Gasteiger partial charge in [0.05, 0.1) is 6.10 Å². The normalized spacial score (nSPS) is 35.6. The van der Waals surface area contributed by atoms with Gasteiger partial charge in [-0.3, -0.25) is 0 Å². The van der Waals surface area contributed by atoms with E-state index in [-0.39, 0.29) is 6.10 Å². The molecule has 0 bridgehead atoms. The summed E-state index contributed by atoms with van der Waals surface area (Å²) in [6.07, 6.45) is 8.56. The first-order valence-electron chi connectivity index (χ1n) is 6.18. The smallest absolute Gasteiger partial charge is 0.0541 e. The minimum Gasteiger partial charge on any atom is -0.393 e. The Bertz CT molecular complexity index is 171. The maximum absolute atomic E-state index is 9.39. The number of nitrogens with one attached hydrogen (secondary N) is 1. The molecule has 0 aromatic rings. The molecule has 1 unspecified atom stereocenters. The van der Waals surface area contributed by atoms with Crippen molar-refractivity contribution in [1.29, 1.82) is 0 Å². The molecule has 2 N–H and O–H groups in total. The Morgan fingerprint density at radius 2 is 1.79 bits per heavy atom. The summed E-state index contributed by atoms with van der Waals surface area (Å²) in [6, 6.07) is 1.36. The Labute approximate surface area is 87.1 Å². The van der Waals surface area contributed by atoms with Gasteiger partial charge in [-0.15, -0.1) is 0 Å². The lowest BCUT2D eigenvalue weighted by Gasteiger charge is -2.29. The molecule has 2 heteroatoms. The first-order chi connectivity index (χ1) is 6.74. The summed E-state index contributed by atoms with van der Waals surface area (Å²) in [7, 11) is 0. The predicted molar refractivity (Wildman–Crippen MR) is 58.2 cm³/mol. The number of hydrogen-bond donors (Lipinski definition) is 2. The largest absolute Gasteiger partial charge is 0.393 e. The van der Waals surface area contributed by atoms with Crippen LogP contribution in [0, 0.1) is 5.92 Å². The highest BCUT2D eigenvalue weighted by Gasteiger charge is 2.25. The molecule has 0 spiro atoms. The zero-order valence-corrected chi connectivity index (χ0v) is 9.21. The van der Waals surface area contributed by atoms with Crippen LogP contribution in [0.3, 0.4) is 0 Å². The first kappa shape index (κ1) is 10.4. The molecule has 0 saturated heterocycles. The highest BCUT2D eigenvalue weighted by molar-refractivity contribution is 4.82. The standard InChI is InChI=1S/C12H23NO/c1-9(8-10-2-3-10)13-11-4-6-12(14)7-5-11/h9-14H,2-8H2,1H3. The van der Waals surface area contributed by atoms with Crippen molar-refractivity contribution in [3.05, 3.63) is 0 Å². The first-order valence-corrected chi connectivity index (χ1v) is 6.18. The van der Waals surface area contributed by atoms with Crippen molar-refractivity contribution in [2.24, 2.45) is 5.92 Å². The van der Waals surface area contributed by atoms with Crippen LogP contribution in [-0.2, 0) is 0 Å². The molecule has 2 saturated carbocycles. The van der Waals surface area contributed by atoms with Gasteiger partial charge in [0.2, 0.25) is 0 Å². The molecule has 2 fully saturated rings. The molecule has 0 aromatic carbocycles. The Hall–Kier alpha value is -0.0800. The molecule has 82 valence electrons. The lowest BCUT2D eigenvalue weighted by atomic mass is 9.92. The SMILES string of the molecule is CC(CC1CC1)NC1CCC(O)CC1. The van der Waals surface area contributed by atoms with Crippen molar-refractivity contribution < 1.29 is 5.11 Å². The second-order valence-corrected chi connectivity index (χ2v) is 5.25. The highest BCUT2D eigenvalue weighted by Crippen LogP contribution is 2.33.